The lowest BCUT2D eigenvalue weighted by Gasteiger charge is -2.09. The molecule has 3 aromatic rings. The molecule has 22 heavy (non-hydrogen) atoms. The molecule has 2 aromatic carbocycles. The Morgan fingerprint density at radius 3 is 2.68 bits per heavy atom. The van der Waals surface area contributed by atoms with Crippen molar-refractivity contribution < 1.29 is 9.90 Å². The van der Waals surface area contributed by atoms with E-state index < -0.39 is 11.5 Å². The first-order valence-electron chi connectivity index (χ1n) is 6.47. The molecule has 6 heteroatoms. The third kappa shape index (κ3) is 2.54. The lowest BCUT2D eigenvalue weighted by atomic mass is 10.1. The number of aromatic hydroxyl groups is 1. The number of aromatic nitrogens is 1. The number of hydrogen-bond donors (Lipinski definition) is 3. The molecule has 1 aromatic heterocycles. The molecule has 1 amide bonds. The summed E-state index contributed by atoms with van der Waals surface area (Å²) in [6.45, 7) is 0. The minimum Gasteiger partial charge on any atom is -0.505 e. The summed E-state index contributed by atoms with van der Waals surface area (Å²) in [5, 5.41) is 13.5. The highest BCUT2D eigenvalue weighted by atomic mass is 35.5. The summed E-state index contributed by atoms with van der Waals surface area (Å²) in [5.74, 6) is -0.798. The normalized spacial score (nSPS) is 10.6. The van der Waals surface area contributed by atoms with Gasteiger partial charge >= 0.3 is 0 Å². The van der Waals surface area contributed by atoms with E-state index in [-0.39, 0.29) is 11.4 Å². The number of halogens is 1. The summed E-state index contributed by atoms with van der Waals surface area (Å²) in [6.07, 6.45) is 0. The van der Waals surface area contributed by atoms with Gasteiger partial charge in [-0.3, -0.25) is 9.59 Å². The van der Waals surface area contributed by atoms with Crippen molar-refractivity contribution in [2.24, 2.45) is 0 Å². The molecule has 1 heterocycles. The van der Waals surface area contributed by atoms with Crippen molar-refractivity contribution >= 4 is 34.1 Å². The minimum atomic E-state index is -0.577. The van der Waals surface area contributed by atoms with Crippen molar-refractivity contribution in [1.29, 1.82) is 0 Å². The smallest absolute Gasteiger partial charge is 0.276 e. The fourth-order valence-corrected chi connectivity index (χ4v) is 2.35. The van der Waals surface area contributed by atoms with Crippen LogP contribution in [0.25, 0.3) is 10.9 Å². The fourth-order valence-electron chi connectivity index (χ4n) is 2.16. The maximum Gasteiger partial charge on any atom is 0.276 e. The highest BCUT2D eigenvalue weighted by Crippen LogP contribution is 2.28. The van der Waals surface area contributed by atoms with E-state index in [0.29, 0.717) is 21.5 Å². The predicted molar refractivity (Wildman–Crippen MR) is 85.6 cm³/mol. The molecule has 0 aliphatic carbocycles. The first-order valence-corrected chi connectivity index (χ1v) is 6.85. The molecule has 110 valence electrons. The van der Waals surface area contributed by atoms with Crippen LogP contribution in [0.15, 0.2) is 53.3 Å². The van der Waals surface area contributed by atoms with E-state index in [1.54, 1.807) is 42.5 Å². The molecular weight excluding hydrogens is 304 g/mol. The number of rotatable bonds is 2. The Kier molecular flexibility index (Phi) is 3.56. The van der Waals surface area contributed by atoms with E-state index in [1.165, 1.54) is 6.07 Å². The number of pyridine rings is 1. The maximum absolute atomic E-state index is 12.2. The molecule has 5 nitrogen and oxygen atoms in total. The maximum atomic E-state index is 12.2. The average Bonchev–Trinajstić information content (AvgIpc) is 2.51. The SMILES string of the molecule is O=C(Nc1c(O)c2ccccc2[nH]c1=O)c1cccc(Cl)c1. The van der Waals surface area contributed by atoms with Gasteiger partial charge in [-0.05, 0) is 30.3 Å². The molecule has 0 aliphatic rings. The van der Waals surface area contributed by atoms with Gasteiger partial charge in [0.25, 0.3) is 11.5 Å². The molecule has 0 radical (unpaired) electrons. The first kappa shape index (κ1) is 14.2. The van der Waals surface area contributed by atoms with Crippen LogP contribution < -0.4 is 10.9 Å². The highest BCUT2D eigenvalue weighted by Gasteiger charge is 2.15. The molecule has 0 saturated heterocycles. The Balaban J connectivity index is 2.04. The van der Waals surface area contributed by atoms with Crippen molar-refractivity contribution in [1.82, 2.24) is 4.98 Å². The van der Waals surface area contributed by atoms with Crippen LogP contribution in [0.5, 0.6) is 5.75 Å². The van der Waals surface area contributed by atoms with Gasteiger partial charge in [-0.15, -0.1) is 0 Å². The third-order valence-electron chi connectivity index (χ3n) is 3.22. The molecule has 0 atom stereocenters. The molecular formula is C16H11ClN2O3. The number of para-hydroxylation sites is 1. The van der Waals surface area contributed by atoms with Crippen LogP contribution in [0.1, 0.15) is 10.4 Å². The zero-order valence-corrected chi connectivity index (χ0v) is 12.0. The number of H-pyrrole nitrogens is 1. The van der Waals surface area contributed by atoms with Gasteiger partial charge in [0, 0.05) is 16.0 Å². The Morgan fingerprint density at radius 2 is 1.91 bits per heavy atom. The van der Waals surface area contributed by atoms with Gasteiger partial charge in [0.15, 0.2) is 11.4 Å². The number of nitrogens with one attached hydrogen (secondary N) is 2. The highest BCUT2D eigenvalue weighted by molar-refractivity contribution is 6.31. The molecule has 0 spiro atoms. The van der Waals surface area contributed by atoms with Crippen molar-refractivity contribution in [2.45, 2.75) is 0 Å². The van der Waals surface area contributed by atoms with Crippen LogP contribution in [0, 0.1) is 0 Å². The molecule has 3 N–H and O–H groups in total. The van der Waals surface area contributed by atoms with Gasteiger partial charge < -0.3 is 15.4 Å². The van der Waals surface area contributed by atoms with Crippen LogP contribution >= 0.6 is 11.6 Å². The number of hydrogen-bond acceptors (Lipinski definition) is 3. The second-order valence-electron chi connectivity index (χ2n) is 4.69. The number of anilines is 1. The zero-order valence-electron chi connectivity index (χ0n) is 11.3. The molecule has 0 saturated carbocycles. The lowest BCUT2D eigenvalue weighted by molar-refractivity contribution is 0.102. The van der Waals surface area contributed by atoms with Gasteiger partial charge in [-0.1, -0.05) is 29.8 Å². The van der Waals surface area contributed by atoms with E-state index in [9.17, 15) is 14.7 Å². The van der Waals surface area contributed by atoms with E-state index in [2.05, 4.69) is 10.3 Å². The summed E-state index contributed by atoms with van der Waals surface area (Å²) >= 11 is 5.84. The van der Waals surface area contributed by atoms with Crippen LogP contribution in [0.4, 0.5) is 5.69 Å². The predicted octanol–water partition coefficient (Wildman–Crippen LogP) is 3.14. The topological polar surface area (TPSA) is 82.2 Å². The van der Waals surface area contributed by atoms with Gasteiger partial charge in [0.1, 0.15) is 0 Å². The summed E-state index contributed by atoms with van der Waals surface area (Å²) in [7, 11) is 0. The van der Waals surface area contributed by atoms with Crippen LogP contribution in [0.3, 0.4) is 0 Å². The molecule has 0 aliphatic heterocycles. The summed E-state index contributed by atoms with van der Waals surface area (Å²) in [5.41, 5.74) is 0.0143. The van der Waals surface area contributed by atoms with E-state index in [0.717, 1.165) is 0 Å². The number of carbonyl (C=O) groups excluding carboxylic acids is 1. The van der Waals surface area contributed by atoms with Crippen molar-refractivity contribution in [3.05, 3.63) is 69.5 Å². The average molecular weight is 315 g/mol. The number of benzene rings is 2. The monoisotopic (exact) mass is 314 g/mol. The molecule has 0 fully saturated rings. The molecule has 0 unspecified atom stereocenters. The number of amides is 1. The summed E-state index contributed by atoms with van der Waals surface area (Å²) in [4.78, 5) is 26.8. The third-order valence-corrected chi connectivity index (χ3v) is 3.45. The van der Waals surface area contributed by atoms with Gasteiger partial charge in [0.2, 0.25) is 0 Å². The van der Waals surface area contributed by atoms with Crippen molar-refractivity contribution in [3.8, 4) is 5.75 Å². The standard InChI is InChI=1S/C16H11ClN2O3/c17-10-5-3-4-9(8-10)15(21)19-13-14(20)11-6-1-2-7-12(11)18-16(13)22/h1-8H,(H,19,21)(H2,18,20,22). The van der Waals surface area contributed by atoms with Gasteiger partial charge in [0.05, 0.1) is 5.52 Å². The number of aromatic amines is 1. The quantitative estimate of drug-likeness (QED) is 0.679. The first-order chi connectivity index (χ1) is 10.6. The number of carbonyl (C=O) groups is 1. The fraction of sp³-hybridized carbons (Fsp3) is 0. The van der Waals surface area contributed by atoms with Crippen LogP contribution in [-0.2, 0) is 0 Å². The minimum absolute atomic E-state index is 0.191. The van der Waals surface area contributed by atoms with Gasteiger partial charge in [-0.2, -0.15) is 0 Å². The summed E-state index contributed by atoms with van der Waals surface area (Å²) in [6, 6.07) is 13.1. The Labute approximate surface area is 130 Å². The van der Waals surface area contributed by atoms with E-state index in [4.69, 9.17) is 11.6 Å². The Morgan fingerprint density at radius 1 is 1.14 bits per heavy atom. The van der Waals surface area contributed by atoms with Crippen LogP contribution in [-0.4, -0.2) is 16.0 Å². The van der Waals surface area contributed by atoms with Crippen molar-refractivity contribution in [2.75, 3.05) is 5.32 Å². The molecule has 3 rings (SSSR count). The lowest BCUT2D eigenvalue weighted by Crippen LogP contribution is -2.20. The van der Waals surface area contributed by atoms with E-state index >= 15 is 0 Å². The van der Waals surface area contributed by atoms with Gasteiger partial charge in [-0.25, -0.2) is 0 Å². The largest absolute Gasteiger partial charge is 0.505 e. The van der Waals surface area contributed by atoms with E-state index in [1.807, 2.05) is 0 Å². The summed E-state index contributed by atoms with van der Waals surface area (Å²) < 4.78 is 0. The van der Waals surface area contributed by atoms with Crippen LogP contribution in [0.2, 0.25) is 5.02 Å². The zero-order chi connectivity index (χ0) is 15.7. The second-order valence-corrected chi connectivity index (χ2v) is 5.12. The number of fused-ring (bicyclic) bond motifs is 1. The van der Waals surface area contributed by atoms with Crippen molar-refractivity contribution in [3.63, 3.8) is 0 Å². The molecule has 0 bridgehead atoms. The second kappa shape index (κ2) is 5.54. The Bertz CT molecular complexity index is 934. The Hall–Kier alpha value is -2.79.